The minimum atomic E-state index is -3.61. The lowest BCUT2D eigenvalue weighted by Gasteiger charge is -2.07. The van der Waals surface area contributed by atoms with E-state index in [1.165, 1.54) is 0 Å². The summed E-state index contributed by atoms with van der Waals surface area (Å²) in [5.41, 5.74) is 7.69. The third-order valence-corrected chi connectivity index (χ3v) is 4.72. The molecular weight excluding hydrogens is 290 g/mol. The van der Waals surface area contributed by atoms with E-state index >= 15 is 0 Å². The summed E-state index contributed by atoms with van der Waals surface area (Å²) in [5, 5.41) is 13.8. The number of nitrogen functional groups attached to an aromatic ring is 1. The van der Waals surface area contributed by atoms with Gasteiger partial charge < -0.3 is 5.73 Å². The van der Waals surface area contributed by atoms with Crippen molar-refractivity contribution < 1.29 is 8.42 Å². The normalized spacial score (nSPS) is 11.5. The number of rotatable bonds is 5. The zero-order valence-electron chi connectivity index (χ0n) is 11.8. The molecule has 21 heavy (non-hydrogen) atoms. The number of sulfonamides is 1. The van der Waals surface area contributed by atoms with E-state index in [1.54, 1.807) is 38.1 Å². The van der Waals surface area contributed by atoms with E-state index in [0.717, 1.165) is 5.56 Å². The van der Waals surface area contributed by atoms with E-state index < -0.39 is 10.0 Å². The fourth-order valence-electron chi connectivity index (χ4n) is 1.99. The molecule has 5 N–H and O–H groups in total. The highest BCUT2D eigenvalue weighted by Gasteiger charge is 2.21. The number of hydrogen-bond donors (Lipinski definition) is 4. The standard InChI is InChI=1S/C13H17N5O2S/c1-8-12(9(2)18-17-8)21(19,20)16-7-10-3-5-11(6-4-10)13(14)15/h3-6,16H,7H2,1-2H3,(H3,14,15)(H,17,18). The molecule has 0 bridgehead atoms. The van der Waals surface area contributed by atoms with Gasteiger partial charge in [0, 0.05) is 12.1 Å². The first-order valence-corrected chi connectivity index (χ1v) is 7.74. The summed E-state index contributed by atoms with van der Waals surface area (Å²) < 4.78 is 27.1. The molecule has 2 rings (SSSR count). The van der Waals surface area contributed by atoms with Gasteiger partial charge in [-0.3, -0.25) is 10.5 Å². The molecule has 2 aromatic rings. The van der Waals surface area contributed by atoms with E-state index in [2.05, 4.69) is 14.9 Å². The van der Waals surface area contributed by atoms with Crippen LogP contribution in [0.25, 0.3) is 0 Å². The first kappa shape index (κ1) is 15.2. The van der Waals surface area contributed by atoms with E-state index in [9.17, 15) is 8.42 Å². The second-order valence-electron chi connectivity index (χ2n) is 4.70. The van der Waals surface area contributed by atoms with Gasteiger partial charge in [-0.2, -0.15) is 5.10 Å². The molecule has 0 aliphatic heterocycles. The third kappa shape index (κ3) is 3.29. The molecular formula is C13H17N5O2S. The summed E-state index contributed by atoms with van der Waals surface area (Å²) in [4.78, 5) is 0.183. The number of aryl methyl sites for hydroxylation is 2. The Kier molecular flexibility index (Phi) is 4.10. The number of aromatic amines is 1. The molecule has 0 saturated heterocycles. The second-order valence-corrected chi connectivity index (χ2v) is 6.40. The quantitative estimate of drug-likeness (QED) is 0.481. The van der Waals surface area contributed by atoms with Gasteiger partial charge in [-0.1, -0.05) is 24.3 Å². The Morgan fingerprint density at radius 3 is 2.43 bits per heavy atom. The first-order valence-electron chi connectivity index (χ1n) is 6.26. The molecule has 0 spiro atoms. The predicted octanol–water partition coefficient (Wildman–Crippen LogP) is 0.789. The van der Waals surface area contributed by atoms with Crippen LogP contribution in [0.1, 0.15) is 22.5 Å². The molecule has 0 radical (unpaired) electrons. The summed E-state index contributed by atoms with van der Waals surface area (Å²) in [6.07, 6.45) is 0. The zero-order chi connectivity index (χ0) is 15.6. The van der Waals surface area contributed by atoms with Crippen LogP contribution in [0.2, 0.25) is 0 Å². The molecule has 8 heteroatoms. The van der Waals surface area contributed by atoms with Gasteiger partial charge in [0.05, 0.1) is 11.4 Å². The maximum absolute atomic E-state index is 12.3. The van der Waals surface area contributed by atoms with Crippen LogP contribution in [-0.2, 0) is 16.6 Å². The molecule has 112 valence electrons. The number of amidine groups is 1. The van der Waals surface area contributed by atoms with Gasteiger partial charge in [0.2, 0.25) is 10.0 Å². The smallest absolute Gasteiger partial charge is 0.244 e. The van der Waals surface area contributed by atoms with Gasteiger partial charge >= 0.3 is 0 Å². The average Bonchev–Trinajstić information content (AvgIpc) is 2.77. The Morgan fingerprint density at radius 1 is 1.33 bits per heavy atom. The summed E-state index contributed by atoms with van der Waals surface area (Å²) in [5.74, 6) is -0.0215. The van der Waals surface area contributed by atoms with Gasteiger partial charge in [0.25, 0.3) is 0 Å². The lowest BCUT2D eigenvalue weighted by Crippen LogP contribution is -2.24. The molecule has 0 aliphatic rings. The van der Waals surface area contributed by atoms with Crippen molar-refractivity contribution in [1.29, 1.82) is 5.41 Å². The molecule has 0 amide bonds. The van der Waals surface area contributed by atoms with Crippen LogP contribution in [-0.4, -0.2) is 24.5 Å². The molecule has 1 aromatic carbocycles. The lowest BCUT2D eigenvalue weighted by molar-refractivity contribution is 0.580. The van der Waals surface area contributed by atoms with Crippen LogP contribution < -0.4 is 10.5 Å². The largest absolute Gasteiger partial charge is 0.384 e. The Labute approximate surface area is 123 Å². The molecule has 7 nitrogen and oxygen atoms in total. The lowest BCUT2D eigenvalue weighted by atomic mass is 10.1. The van der Waals surface area contributed by atoms with Crippen LogP contribution in [0.4, 0.5) is 0 Å². The fourth-order valence-corrected chi connectivity index (χ4v) is 3.37. The van der Waals surface area contributed by atoms with Crippen molar-refractivity contribution in [2.75, 3.05) is 0 Å². The Morgan fingerprint density at radius 2 is 1.95 bits per heavy atom. The van der Waals surface area contributed by atoms with E-state index in [0.29, 0.717) is 17.0 Å². The number of nitrogens with two attached hydrogens (primary N) is 1. The highest BCUT2D eigenvalue weighted by atomic mass is 32.2. The highest BCUT2D eigenvalue weighted by molar-refractivity contribution is 7.89. The van der Waals surface area contributed by atoms with Crippen molar-refractivity contribution in [2.45, 2.75) is 25.3 Å². The number of nitrogens with one attached hydrogen (secondary N) is 3. The molecule has 1 heterocycles. The topological polar surface area (TPSA) is 125 Å². The van der Waals surface area contributed by atoms with Crippen LogP contribution in [0.3, 0.4) is 0 Å². The molecule has 0 aliphatic carbocycles. The van der Waals surface area contributed by atoms with Crippen molar-refractivity contribution in [2.24, 2.45) is 5.73 Å². The van der Waals surface area contributed by atoms with Crippen LogP contribution in [0.15, 0.2) is 29.2 Å². The fraction of sp³-hybridized carbons (Fsp3) is 0.231. The first-order chi connectivity index (χ1) is 9.81. The van der Waals surface area contributed by atoms with Gasteiger partial charge in [0.1, 0.15) is 10.7 Å². The highest BCUT2D eigenvalue weighted by Crippen LogP contribution is 2.16. The van der Waals surface area contributed by atoms with Gasteiger partial charge in [-0.05, 0) is 19.4 Å². The molecule has 0 unspecified atom stereocenters. The zero-order valence-corrected chi connectivity index (χ0v) is 12.6. The number of aromatic nitrogens is 2. The maximum atomic E-state index is 12.3. The van der Waals surface area contributed by atoms with Crippen molar-refractivity contribution in [1.82, 2.24) is 14.9 Å². The molecule has 0 fully saturated rings. The van der Waals surface area contributed by atoms with Crippen molar-refractivity contribution >= 4 is 15.9 Å². The third-order valence-electron chi connectivity index (χ3n) is 3.06. The van der Waals surface area contributed by atoms with Gasteiger partial charge in [0.15, 0.2) is 0 Å². The van der Waals surface area contributed by atoms with E-state index in [1.807, 2.05) is 0 Å². The second kappa shape index (κ2) is 5.66. The predicted molar refractivity (Wildman–Crippen MR) is 79.5 cm³/mol. The molecule has 0 saturated carbocycles. The van der Waals surface area contributed by atoms with Crippen molar-refractivity contribution in [3.8, 4) is 0 Å². The number of nitrogens with zero attached hydrogens (tertiary/aromatic N) is 1. The number of H-pyrrole nitrogens is 1. The van der Waals surface area contributed by atoms with Crippen LogP contribution in [0.5, 0.6) is 0 Å². The average molecular weight is 307 g/mol. The summed E-state index contributed by atoms with van der Waals surface area (Å²) >= 11 is 0. The SMILES string of the molecule is Cc1n[nH]c(C)c1S(=O)(=O)NCc1ccc(C(=N)N)cc1. The minimum absolute atomic E-state index is 0.0215. The Bertz CT molecular complexity index is 743. The van der Waals surface area contributed by atoms with Crippen molar-refractivity contribution in [3.63, 3.8) is 0 Å². The minimum Gasteiger partial charge on any atom is -0.384 e. The maximum Gasteiger partial charge on any atom is 0.244 e. The summed E-state index contributed by atoms with van der Waals surface area (Å²) in [6, 6.07) is 6.82. The summed E-state index contributed by atoms with van der Waals surface area (Å²) in [6.45, 7) is 3.46. The van der Waals surface area contributed by atoms with Crippen LogP contribution >= 0.6 is 0 Å². The molecule has 0 atom stereocenters. The Balaban J connectivity index is 2.14. The summed E-state index contributed by atoms with van der Waals surface area (Å²) in [7, 11) is -3.61. The Hall–Kier alpha value is -2.19. The molecule has 1 aromatic heterocycles. The van der Waals surface area contributed by atoms with E-state index in [-0.39, 0.29) is 17.3 Å². The van der Waals surface area contributed by atoms with Gasteiger partial charge in [-0.15, -0.1) is 0 Å². The van der Waals surface area contributed by atoms with Crippen molar-refractivity contribution in [3.05, 3.63) is 46.8 Å². The number of hydrogen-bond acceptors (Lipinski definition) is 4. The monoisotopic (exact) mass is 307 g/mol. The van der Waals surface area contributed by atoms with Gasteiger partial charge in [-0.25, -0.2) is 13.1 Å². The number of benzene rings is 1. The van der Waals surface area contributed by atoms with Crippen LogP contribution in [0, 0.1) is 19.3 Å². The van der Waals surface area contributed by atoms with E-state index in [4.69, 9.17) is 11.1 Å².